The van der Waals surface area contributed by atoms with Gasteiger partial charge in [-0.05, 0) is 42.7 Å². The third-order valence-corrected chi connectivity index (χ3v) is 4.29. The third-order valence-electron chi connectivity index (χ3n) is 4.29. The molecule has 0 radical (unpaired) electrons. The highest BCUT2D eigenvalue weighted by Crippen LogP contribution is 2.21. The van der Waals surface area contributed by atoms with E-state index < -0.39 is 0 Å². The standard InChI is InChI=1S/C19H28N2O2/c1-13(2)9-15(7-8-22)11-20-18(23)10-16-12-21-19-14(3)5-4-6-17(16)19/h4-6,12-13,15,21-22H,7-11H2,1-3H3,(H,20,23). The lowest BCUT2D eigenvalue weighted by atomic mass is 9.94. The molecule has 1 aromatic carbocycles. The van der Waals surface area contributed by atoms with Crippen molar-refractivity contribution in [2.24, 2.45) is 11.8 Å². The number of nitrogens with one attached hydrogen (secondary N) is 2. The number of hydrogen-bond acceptors (Lipinski definition) is 2. The first-order valence-electron chi connectivity index (χ1n) is 8.44. The lowest BCUT2D eigenvalue weighted by Crippen LogP contribution is -2.31. The van der Waals surface area contributed by atoms with Crippen molar-refractivity contribution in [3.63, 3.8) is 0 Å². The summed E-state index contributed by atoms with van der Waals surface area (Å²) in [5.41, 5.74) is 3.33. The zero-order valence-corrected chi connectivity index (χ0v) is 14.4. The van der Waals surface area contributed by atoms with E-state index in [1.165, 1.54) is 5.56 Å². The number of benzene rings is 1. The maximum absolute atomic E-state index is 12.2. The Labute approximate surface area is 138 Å². The van der Waals surface area contributed by atoms with Gasteiger partial charge >= 0.3 is 0 Å². The van der Waals surface area contributed by atoms with Crippen molar-refractivity contribution >= 4 is 16.8 Å². The van der Waals surface area contributed by atoms with Crippen LogP contribution in [0.25, 0.3) is 10.9 Å². The molecule has 4 heteroatoms. The molecule has 1 unspecified atom stereocenters. The van der Waals surface area contributed by atoms with Crippen LogP contribution in [0, 0.1) is 18.8 Å². The predicted octanol–water partition coefficient (Wildman–Crippen LogP) is 3.18. The Bertz CT molecular complexity index is 646. The molecule has 0 bridgehead atoms. The van der Waals surface area contributed by atoms with Crippen molar-refractivity contribution in [3.8, 4) is 0 Å². The van der Waals surface area contributed by atoms with Gasteiger partial charge in [0, 0.05) is 30.3 Å². The van der Waals surface area contributed by atoms with Gasteiger partial charge < -0.3 is 15.4 Å². The molecule has 0 saturated heterocycles. The van der Waals surface area contributed by atoms with Crippen LogP contribution >= 0.6 is 0 Å². The van der Waals surface area contributed by atoms with Gasteiger partial charge in [0.2, 0.25) is 5.91 Å². The molecule has 23 heavy (non-hydrogen) atoms. The Morgan fingerprint density at radius 1 is 1.35 bits per heavy atom. The van der Waals surface area contributed by atoms with Gasteiger partial charge in [0.1, 0.15) is 0 Å². The van der Waals surface area contributed by atoms with Gasteiger partial charge in [-0.3, -0.25) is 4.79 Å². The number of aliphatic hydroxyl groups is 1. The van der Waals surface area contributed by atoms with Crippen molar-refractivity contribution in [1.29, 1.82) is 0 Å². The highest BCUT2D eigenvalue weighted by atomic mass is 16.3. The van der Waals surface area contributed by atoms with Gasteiger partial charge in [0.25, 0.3) is 0 Å². The molecular formula is C19H28N2O2. The average molecular weight is 316 g/mol. The van der Waals surface area contributed by atoms with Crippen LogP contribution in [0.15, 0.2) is 24.4 Å². The van der Waals surface area contributed by atoms with Gasteiger partial charge in [0.05, 0.1) is 6.42 Å². The summed E-state index contributed by atoms with van der Waals surface area (Å²) >= 11 is 0. The zero-order chi connectivity index (χ0) is 16.8. The highest BCUT2D eigenvalue weighted by molar-refractivity contribution is 5.90. The minimum atomic E-state index is 0.0408. The first-order chi connectivity index (χ1) is 11.0. The van der Waals surface area contributed by atoms with E-state index in [1.54, 1.807) is 0 Å². The molecule has 1 aromatic heterocycles. The molecule has 0 aliphatic carbocycles. The number of aromatic amines is 1. The Morgan fingerprint density at radius 3 is 2.83 bits per heavy atom. The summed E-state index contributed by atoms with van der Waals surface area (Å²) in [6.45, 7) is 7.21. The average Bonchev–Trinajstić information content (AvgIpc) is 2.89. The second-order valence-corrected chi connectivity index (χ2v) is 6.80. The Kier molecular flexibility index (Phi) is 6.22. The minimum absolute atomic E-state index is 0.0408. The fourth-order valence-electron chi connectivity index (χ4n) is 3.16. The largest absolute Gasteiger partial charge is 0.396 e. The van der Waals surface area contributed by atoms with E-state index in [1.807, 2.05) is 12.3 Å². The maximum atomic E-state index is 12.2. The maximum Gasteiger partial charge on any atom is 0.224 e. The number of para-hydroxylation sites is 1. The minimum Gasteiger partial charge on any atom is -0.396 e. The van der Waals surface area contributed by atoms with Crippen LogP contribution in [0.4, 0.5) is 0 Å². The summed E-state index contributed by atoms with van der Waals surface area (Å²) < 4.78 is 0. The molecule has 0 spiro atoms. The molecular weight excluding hydrogens is 288 g/mol. The van der Waals surface area contributed by atoms with Gasteiger partial charge in [-0.1, -0.05) is 32.0 Å². The number of aryl methyl sites for hydroxylation is 1. The second-order valence-electron chi connectivity index (χ2n) is 6.80. The van der Waals surface area contributed by atoms with Gasteiger partial charge in [-0.15, -0.1) is 0 Å². The molecule has 3 N–H and O–H groups in total. The van der Waals surface area contributed by atoms with Crippen molar-refractivity contribution < 1.29 is 9.90 Å². The Balaban J connectivity index is 1.94. The summed E-state index contributed by atoms with van der Waals surface area (Å²) in [6, 6.07) is 6.13. The van der Waals surface area contributed by atoms with E-state index in [4.69, 9.17) is 5.11 Å². The Morgan fingerprint density at radius 2 is 2.13 bits per heavy atom. The molecule has 2 aromatic rings. The number of hydrogen-bond donors (Lipinski definition) is 3. The van der Waals surface area contributed by atoms with Crippen LogP contribution in [0.3, 0.4) is 0 Å². The summed E-state index contributed by atoms with van der Waals surface area (Å²) in [5.74, 6) is 0.952. The van der Waals surface area contributed by atoms with Crippen LogP contribution in [-0.4, -0.2) is 29.1 Å². The fourth-order valence-corrected chi connectivity index (χ4v) is 3.16. The SMILES string of the molecule is Cc1cccc2c(CC(=O)NCC(CCO)CC(C)C)c[nH]c12. The normalized spacial score (nSPS) is 12.7. The molecule has 0 fully saturated rings. The molecule has 0 saturated carbocycles. The number of aliphatic hydroxyl groups excluding tert-OH is 1. The summed E-state index contributed by atoms with van der Waals surface area (Å²) in [7, 11) is 0. The lowest BCUT2D eigenvalue weighted by molar-refractivity contribution is -0.120. The molecule has 0 aliphatic heterocycles. The Hall–Kier alpha value is -1.81. The van der Waals surface area contributed by atoms with E-state index in [0.29, 0.717) is 24.8 Å². The van der Waals surface area contributed by atoms with Gasteiger partial charge in [0.15, 0.2) is 0 Å². The molecule has 0 aliphatic rings. The smallest absolute Gasteiger partial charge is 0.224 e. The summed E-state index contributed by atoms with van der Waals surface area (Å²) in [4.78, 5) is 15.5. The third kappa shape index (κ3) is 4.83. The quantitative estimate of drug-likeness (QED) is 0.700. The van der Waals surface area contributed by atoms with E-state index in [9.17, 15) is 4.79 Å². The van der Waals surface area contributed by atoms with E-state index >= 15 is 0 Å². The zero-order valence-electron chi connectivity index (χ0n) is 14.4. The fraction of sp³-hybridized carbons (Fsp3) is 0.526. The molecule has 2 rings (SSSR count). The van der Waals surface area contributed by atoms with Gasteiger partial charge in [-0.2, -0.15) is 0 Å². The number of aromatic nitrogens is 1. The number of carbonyl (C=O) groups is 1. The van der Waals surface area contributed by atoms with Crippen molar-refractivity contribution in [2.75, 3.05) is 13.2 Å². The molecule has 1 atom stereocenters. The van der Waals surface area contributed by atoms with Gasteiger partial charge in [-0.25, -0.2) is 0 Å². The summed E-state index contributed by atoms with van der Waals surface area (Å²) in [6.07, 6.45) is 4.07. The second kappa shape index (κ2) is 8.16. The molecule has 126 valence electrons. The number of carbonyl (C=O) groups excluding carboxylic acids is 1. The van der Waals surface area contributed by atoms with Crippen LogP contribution in [0.1, 0.15) is 37.8 Å². The number of amides is 1. The van der Waals surface area contributed by atoms with Crippen LogP contribution in [-0.2, 0) is 11.2 Å². The molecule has 1 heterocycles. The van der Waals surface area contributed by atoms with Crippen LogP contribution in [0.2, 0.25) is 0 Å². The number of rotatable bonds is 8. The molecule has 1 amide bonds. The highest BCUT2D eigenvalue weighted by Gasteiger charge is 2.14. The van der Waals surface area contributed by atoms with Crippen molar-refractivity contribution in [1.82, 2.24) is 10.3 Å². The topological polar surface area (TPSA) is 65.1 Å². The first-order valence-corrected chi connectivity index (χ1v) is 8.44. The first kappa shape index (κ1) is 17.5. The number of H-pyrrole nitrogens is 1. The van der Waals surface area contributed by atoms with E-state index in [0.717, 1.165) is 29.3 Å². The monoisotopic (exact) mass is 316 g/mol. The van der Waals surface area contributed by atoms with Crippen molar-refractivity contribution in [2.45, 2.75) is 40.0 Å². The van der Waals surface area contributed by atoms with Crippen molar-refractivity contribution in [3.05, 3.63) is 35.5 Å². The van der Waals surface area contributed by atoms with Crippen LogP contribution in [0.5, 0.6) is 0 Å². The van der Waals surface area contributed by atoms with E-state index in [2.05, 4.69) is 43.2 Å². The van der Waals surface area contributed by atoms with Crippen LogP contribution < -0.4 is 5.32 Å². The number of fused-ring (bicyclic) bond motifs is 1. The predicted molar refractivity (Wildman–Crippen MR) is 94.4 cm³/mol. The lowest BCUT2D eigenvalue weighted by Gasteiger charge is -2.18. The summed E-state index contributed by atoms with van der Waals surface area (Å²) in [5, 5.41) is 13.3. The van der Waals surface area contributed by atoms with E-state index in [-0.39, 0.29) is 12.5 Å². The molecule has 4 nitrogen and oxygen atoms in total.